The summed E-state index contributed by atoms with van der Waals surface area (Å²) in [6.07, 6.45) is 1.43. The molecule has 0 aliphatic heterocycles. The minimum atomic E-state index is -0.714. The molecule has 1 aromatic carbocycles. The van der Waals surface area contributed by atoms with Gasteiger partial charge in [-0.1, -0.05) is 0 Å². The van der Waals surface area contributed by atoms with E-state index in [0.29, 0.717) is 16.5 Å². The van der Waals surface area contributed by atoms with Gasteiger partial charge in [0, 0.05) is 11.6 Å². The van der Waals surface area contributed by atoms with E-state index in [1.165, 1.54) is 18.3 Å². The minimum absolute atomic E-state index is 0.172. The summed E-state index contributed by atoms with van der Waals surface area (Å²) in [5.74, 6) is -0.722. The number of carbonyl (C=O) groups is 1. The first-order valence-corrected chi connectivity index (χ1v) is 5.90. The Labute approximate surface area is 110 Å². The molecule has 2 aromatic rings. The molecule has 0 saturated carbocycles. The van der Waals surface area contributed by atoms with Crippen molar-refractivity contribution in [2.24, 2.45) is 0 Å². The van der Waals surface area contributed by atoms with Crippen LogP contribution in [0.25, 0.3) is 10.9 Å². The lowest BCUT2D eigenvalue weighted by Gasteiger charge is -2.23. The highest BCUT2D eigenvalue weighted by Gasteiger charge is 2.20. The summed E-state index contributed by atoms with van der Waals surface area (Å²) in [5.41, 5.74) is 0.243. The molecule has 0 bridgehead atoms. The van der Waals surface area contributed by atoms with Crippen molar-refractivity contribution < 1.29 is 14.3 Å². The fourth-order valence-electron chi connectivity index (χ4n) is 1.65. The Morgan fingerprint density at radius 1 is 1.42 bits per heavy atom. The number of hydrogen-bond acceptors (Lipinski definition) is 3. The zero-order chi connectivity index (χ0) is 14.0. The van der Waals surface area contributed by atoms with Crippen LogP contribution in [0, 0.1) is 5.82 Å². The minimum Gasteiger partial charge on any atom is -0.394 e. The predicted molar refractivity (Wildman–Crippen MR) is 70.3 cm³/mol. The summed E-state index contributed by atoms with van der Waals surface area (Å²) in [4.78, 5) is 16.1. The van der Waals surface area contributed by atoms with E-state index >= 15 is 0 Å². The van der Waals surface area contributed by atoms with Crippen LogP contribution in [0.15, 0.2) is 30.5 Å². The van der Waals surface area contributed by atoms with Crippen molar-refractivity contribution in [1.29, 1.82) is 0 Å². The van der Waals surface area contributed by atoms with Crippen molar-refractivity contribution in [2.45, 2.75) is 19.4 Å². The van der Waals surface area contributed by atoms with E-state index in [-0.39, 0.29) is 18.3 Å². The number of aromatic nitrogens is 1. The SMILES string of the molecule is CC(C)(CO)NC(=O)c1cnc2ccc(F)cc2c1. The number of hydrogen-bond donors (Lipinski definition) is 2. The van der Waals surface area contributed by atoms with Gasteiger partial charge >= 0.3 is 0 Å². The summed E-state index contributed by atoms with van der Waals surface area (Å²) in [6.45, 7) is 3.24. The number of nitrogens with one attached hydrogen (secondary N) is 1. The molecule has 1 heterocycles. The van der Waals surface area contributed by atoms with Crippen molar-refractivity contribution >= 4 is 16.8 Å². The van der Waals surface area contributed by atoms with E-state index in [0.717, 1.165) is 0 Å². The molecule has 1 amide bonds. The molecule has 0 radical (unpaired) electrons. The van der Waals surface area contributed by atoms with Crippen molar-refractivity contribution in [3.05, 3.63) is 41.8 Å². The van der Waals surface area contributed by atoms with Gasteiger partial charge in [-0.3, -0.25) is 9.78 Å². The summed E-state index contributed by atoms with van der Waals surface area (Å²) >= 11 is 0. The molecule has 2 N–H and O–H groups in total. The Morgan fingerprint density at radius 3 is 2.84 bits per heavy atom. The first kappa shape index (κ1) is 13.4. The molecular weight excluding hydrogens is 247 g/mol. The van der Waals surface area contributed by atoms with Gasteiger partial charge in [-0.25, -0.2) is 4.39 Å². The van der Waals surface area contributed by atoms with Crippen molar-refractivity contribution in [2.75, 3.05) is 6.61 Å². The number of fused-ring (bicyclic) bond motifs is 1. The highest BCUT2D eigenvalue weighted by atomic mass is 19.1. The lowest BCUT2D eigenvalue weighted by molar-refractivity contribution is 0.0869. The second kappa shape index (κ2) is 4.93. The number of benzene rings is 1. The van der Waals surface area contributed by atoms with Gasteiger partial charge in [0.05, 0.1) is 23.2 Å². The van der Waals surface area contributed by atoms with E-state index in [1.807, 2.05) is 0 Å². The largest absolute Gasteiger partial charge is 0.394 e. The normalized spacial score (nSPS) is 11.6. The van der Waals surface area contributed by atoms with Gasteiger partial charge in [0.25, 0.3) is 5.91 Å². The molecule has 0 unspecified atom stereocenters. The van der Waals surface area contributed by atoms with Crippen LogP contribution < -0.4 is 5.32 Å². The van der Waals surface area contributed by atoms with E-state index in [9.17, 15) is 9.18 Å². The highest BCUT2D eigenvalue weighted by molar-refractivity contribution is 5.97. The Kier molecular flexibility index (Phi) is 3.48. The van der Waals surface area contributed by atoms with Gasteiger partial charge in [0.15, 0.2) is 0 Å². The topological polar surface area (TPSA) is 62.2 Å². The van der Waals surface area contributed by atoms with Crippen LogP contribution in [0.3, 0.4) is 0 Å². The van der Waals surface area contributed by atoms with Gasteiger partial charge in [0.1, 0.15) is 5.82 Å². The number of aliphatic hydroxyl groups is 1. The summed E-state index contributed by atoms with van der Waals surface area (Å²) < 4.78 is 13.1. The lowest BCUT2D eigenvalue weighted by atomic mass is 10.1. The Bertz CT molecular complexity index is 626. The maximum Gasteiger partial charge on any atom is 0.253 e. The maximum absolute atomic E-state index is 13.1. The molecule has 0 atom stereocenters. The van der Waals surface area contributed by atoms with E-state index < -0.39 is 5.54 Å². The van der Waals surface area contributed by atoms with E-state index in [1.54, 1.807) is 26.0 Å². The molecule has 0 fully saturated rings. The second-order valence-corrected chi connectivity index (χ2v) is 5.06. The smallest absolute Gasteiger partial charge is 0.253 e. The molecule has 0 saturated heterocycles. The van der Waals surface area contributed by atoms with Crippen LogP contribution in [0.4, 0.5) is 4.39 Å². The molecule has 0 aliphatic rings. The fourth-order valence-corrected chi connectivity index (χ4v) is 1.65. The molecule has 100 valence electrons. The molecule has 1 aromatic heterocycles. The van der Waals surface area contributed by atoms with E-state index in [4.69, 9.17) is 5.11 Å². The Balaban J connectivity index is 2.33. The van der Waals surface area contributed by atoms with Crippen LogP contribution in [0.5, 0.6) is 0 Å². The van der Waals surface area contributed by atoms with Crippen molar-refractivity contribution in [1.82, 2.24) is 10.3 Å². The van der Waals surface area contributed by atoms with Crippen molar-refractivity contribution in [3.8, 4) is 0 Å². The van der Waals surface area contributed by atoms with Gasteiger partial charge in [-0.15, -0.1) is 0 Å². The number of aliphatic hydroxyl groups excluding tert-OH is 1. The third-order valence-electron chi connectivity index (χ3n) is 2.75. The molecule has 0 spiro atoms. The molecule has 19 heavy (non-hydrogen) atoms. The molecular formula is C14H15FN2O2. The predicted octanol–water partition coefficient (Wildman–Crippen LogP) is 1.87. The zero-order valence-electron chi connectivity index (χ0n) is 10.8. The monoisotopic (exact) mass is 262 g/mol. The van der Waals surface area contributed by atoms with Gasteiger partial charge in [-0.05, 0) is 38.1 Å². The highest BCUT2D eigenvalue weighted by Crippen LogP contribution is 2.15. The molecule has 4 nitrogen and oxygen atoms in total. The first-order chi connectivity index (χ1) is 8.91. The second-order valence-electron chi connectivity index (χ2n) is 5.06. The summed E-state index contributed by atoms with van der Waals surface area (Å²) in [5, 5.41) is 12.4. The lowest BCUT2D eigenvalue weighted by Crippen LogP contribution is -2.46. The Hall–Kier alpha value is -2.01. The molecule has 5 heteroatoms. The standard InChI is InChI=1S/C14H15FN2O2/c1-14(2,8-18)17-13(19)10-5-9-6-11(15)3-4-12(9)16-7-10/h3-7,18H,8H2,1-2H3,(H,17,19). The average Bonchev–Trinajstić information content (AvgIpc) is 2.37. The van der Waals surface area contributed by atoms with Crippen LogP contribution >= 0.6 is 0 Å². The quantitative estimate of drug-likeness (QED) is 0.887. The molecule has 0 aliphatic carbocycles. The van der Waals surface area contributed by atoms with Gasteiger partial charge in [-0.2, -0.15) is 0 Å². The van der Waals surface area contributed by atoms with Crippen molar-refractivity contribution in [3.63, 3.8) is 0 Å². The van der Waals surface area contributed by atoms with Gasteiger partial charge < -0.3 is 10.4 Å². The Morgan fingerprint density at radius 2 is 2.16 bits per heavy atom. The zero-order valence-corrected chi connectivity index (χ0v) is 10.8. The number of pyridine rings is 1. The van der Waals surface area contributed by atoms with Crippen LogP contribution in [-0.4, -0.2) is 28.1 Å². The third-order valence-corrected chi connectivity index (χ3v) is 2.75. The fraction of sp³-hybridized carbons (Fsp3) is 0.286. The summed E-state index contributed by atoms with van der Waals surface area (Å²) in [6, 6.07) is 5.79. The molecule has 2 rings (SSSR count). The number of nitrogens with zero attached hydrogens (tertiary/aromatic N) is 1. The number of amides is 1. The summed E-state index contributed by atoms with van der Waals surface area (Å²) in [7, 11) is 0. The number of carbonyl (C=O) groups excluding carboxylic acids is 1. The number of rotatable bonds is 3. The van der Waals surface area contributed by atoms with Gasteiger partial charge in [0.2, 0.25) is 0 Å². The first-order valence-electron chi connectivity index (χ1n) is 5.90. The third kappa shape index (κ3) is 3.06. The van der Waals surface area contributed by atoms with Crippen LogP contribution in [-0.2, 0) is 0 Å². The maximum atomic E-state index is 13.1. The number of halogens is 1. The van der Waals surface area contributed by atoms with E-state index in [2.05, 4.69) is 10.3 Å². The van der Waals surface area contributed by atoms with Crippen LogP contribution in [0.1, 0.15) is 24.2 Å². The van der Waals surface area contributed by atoms with Crippen LogP contribution in [0.2, 0.25) is 0 Å². The average molecular weight is 262 g/mol.